The summed E-state index contributed by atoms with van der Waals surface area (Å²) in [4.78, 5) is 36.0. The van der Waals surface area contributed by atoms with Gasteiger partial charge in [-0.05, 0) is 26.0 Å². The van der Waals surface area contributed by atoms with Crippen molar-refractivity contribution in [2.45, 2.75) is 30.9 Å². The Morgan fingerprint density at radius 3 is 2.42 bits per heavy atom. The number of ether oxygens (including phenoxy) is 1. The lowest BCUT2D eigenvalue weighted by atomic mass is 9.91. The zero-order valence-electron chi connectivity index (χ0n) is 16.7. The lowest BCUT2D eigenvalue weighted by Crippen LogP contribution is -2.54. The molecule has 2 heterocycles. The van der Waals surface area contributed by atoms with Gasteiger partial charge in [-0.2, -0.15) is 10.6 Å². The van der Waals surface area contributed by atoms with Crippen LogP contribution in [0.15, 0.2) is 47.9 Å². The number of carbonyl (C=O) groups excluding carboxylic acids is 2. The third-order valence-electron chi connectivity index (χ3n) is 4.61. The quantitative estimate of drug-likeness (QED) is 0.429. The summed E-state index contributed by atoms with van der Waals surface area (Å²) in [6.07, 6.45) is 1.06. The minimum atomic E-state index is -3.42. The molecule has 1 aliphatic heterocycles. The molecule has 166 valence electrons. The van der Waals surface area contributed by atoms with Crippen molar-refractivity contribution in [2.75, 3.05) is 12.8 Å². The molecule has 0 saturated heterocycles. The van der Waals surface area contributed by atoms with Crippen LogP contribution in [-0.4, -0.2) is 54.6 Å². The first-order chi connectivity index (χ1) is 14.5. The fourth-order valence-electron chi connectivity index (χ4n) is 2.86. The van der Waals surface area contributed by atoms with Gasteiger partial charge in [0.05, 0.1) is 10.6 Å². The number of amides is 1. The molecule has 12 nitrogen and oxygen atoms in total. The maximum atomic E-state index is 12.7. The smallest absolute Gasteiger partial charge is 0.456 e. The van der Waals surface area contributed by atoms with Crippen molar-refractivity contribution in [3.63, 3.8) is 0 Å². The molecule has 3 rings (SSSR count). The third kappa shape index (κ3) is 4.42. The monoisotopic (exact) mass is 453 g/mol. The van der Waals surface area contributed by atoms with Crippen LogP contribution in [0.5, 0.6) is 0 Å². The maximum absolute atomic E-state index is 12.7. The molecule has 1 atom stereocenters. The van der Waals surface area contributed by atoms with Gasteiger partial charge in [0.25, 0.3) is 5.91 Å². The van der Waals surface area contributed by atoms with Crippen LogP contribution < -0.4 is 11.3 Å². The van der Waals surface area contributed by atoms with Crippen molar-refractivity contribution in [1.82, 2.24) is 10.5 Å². The Balaban J connectivity index is 1.79. The van der Waals surface area contributed by atoms with E-state index in [1.54, 1.807) is 0 Å². The van der Waals surface area contributed by atoms with Gasteiger partial charge in [-0.15, -0.1) is 0 Å². The number of aryl methyl sites for hydroxylation is 1. The molecule has 0 fully saturated rings. The van der Waals surface area contributed by atoms with Crippen molar-refractivity contribution < 1.29 is 36.8 Å². The van der Waals surface area contributed by atoms with Gasteiger partial charge in [-0.1, -0.05) is 12.1 Å². The van der Waals surface area contributed by atoms with Crippen LogP contribution in [0.3, 0.4) is 0 Å². The highest BCUT2D eigenvalue weighted by Gasteiger charge is 2.48. The van der Waals surface area contributed by atoms with E-state index < -0.39 is 39.6 Å². The lowest BCUT2D eigenvalue weighted by molar-refractivity contribution is -0.151. The molecule has 31 heavy (non-hydrogen) atoms. The van der Waals surface area contributed by atoms with Gasteiger partial charge in [-0.25, -0.2) is 18.2 Å². The number of nitrogens with one attached hydrogen (secondary N) is 1. The molecule has 1 aromatic carbocycles. The summed E-state index contributed by atoms with van der Waals surface area (Å²) in [7, 11) is -3.42. The Hall–Kier alpha value is -3.29. The van der Waals surface area contributed by atoms with E-state index in [-0.39, 0.29) is 28.7 Å². The molecule has 1 amide bonds. The second kappa shape index (κ2) is 8.09. The van der Waals surface area contributed by atoms with Gasteiger partial charge < -0.3 is 18.8 Å². The summed E-state index contributed by atoms with van der Waals surface area (Å²) in [5.41, 5.74) is 0.652. The number of sulfone groups is 1. The maximum Gasteiger partial charge on any atom is 0.519 e. The molecule has 2 aromatic rings. The normalized spacial score (nSPS) is 18.9. The van der Waals surface area contributed by atoms with Crippen LogP contribution in [-0.2, 0) is 30.8 Å². The van der Waals surface area contributed by atoms with Crippen LogP contribution in [0.2, 0.25) is 0 Å². The fraction of sp³-hybridized carbons (Fsp3) is 0.333. The first-order valence-corrected chi connectivity index (χ1v) is 10.7. The second-order valence-corrected chi connectivity index (χ2v) is 8.95. The molecule has 1 aliphatic rings. The first-order valence-electron chi connectivity index (χ1n) is 8.83. The van der Waals surface area contributed by atoms with Crippen molar-refractivity contribution in [3.05, 3.63) is 52.0 Å². The average molecular weight is 453 g/mol. The largest absolute Gasteiger partial charge is 0.519 e. The van der Waals surface area contributed by atoms with E-state index in [0.29, 0.717) is 5.56 Å². The Morgan fingerprint density at radius 2 is 1.90 bits per heavy atom. The van der Waals surface area contributed by atoms with Gasteiger partial charge in [0.2, 0.25) is 0 Å². The summed E-state index contributed by atoms with van der Waals surface area (Å²) in [6.45, 7) is 1.86. The van der Waals surface area contributed by atoms with E-state index in [2.05, 4.69) is 9.52 Å². The summed E-state index contributed by atoms with van der Waals surface area (Å²) >= 11 is 0. The van der Waals surface area contributed by atoms with Crippen molar-refractivity contribution in [2.24, 2.45) is 5.10 Å². The zero-order chi connectivity index (χ0) is 23.0. The van der Waals surface area contributed by atoms with Crippen molar-refractivity contribution >= 4 is 27.4 Å². The van der Waals surface area contributed by atoms with E-state index in [0.717, 1.165) is 11.3 Å². The molecule has 1 unspecified atom stereocenters. The molecule has 1 aromatic heterocycles. The molecule has 0 saturated carbocycles. The molecule has 2 N–H and O–H groups in total. The van der Waals surface area contributed by atoms with Crippen LogP contribution in [0.4, 0.5) is 0 Å². The number of hydrogen-bond donors (Lipinski definition) is 2. The molecule has 0 aliphatic carbocycles. The average Bonchev–Trinajstić information content (AvgIpc) is 3.16. The topological polar surface area (TPSA) is 169 Å². The third-order valence-corrected chi connectivity index (χ3v) is 5.74. The van der Waals surface area contributed by atoms with Crippen LogP contribution in [0, 0.1) is 6.92 Å². The lowest BCUT2D eigenvalue weighted by Gasteiger charge is -2.22. The van der Waals surface area contributed by atoms with Crippen LogP contribution in [0.25, 0.3) is 0 Å². The van der Waals surface area contributed by atoms with Crippen molar-refractivity contribution in [1.29, 1.82) is 0 Å². The van der Waals surface area contributed by atoms with Crippen molar-refractivity contribution in [3.8, 4) is 0 Å². The summed E-state index contributed by atoms with van der Waals surface area (Å²) in [5, 5.41) is 14.5. The molecule has 0 radical (unpaired) electrons. The minimum Gasteiger partial charge on any atom is -0.456 e. The highest BCUT2D eigenvalue weighted by molar-refractivity contribution is 7.90. The number of carbonyl (C=O) groups is 2. The van der Waals surface area contributed by atoms with E-state index in [9.17, 15) is 28.0 Å². The Morgan fingerprint density at radius 1 is 1.26 bits per heavy atom. The number of esters is 1. The number of hydroxylamine groups is 1. The first kappa shape index (κ1) is 22.4. The fourth-order valence-corrected chi connectivity index (χ4v) is 3.49. The van der Waals surface area contributed by atoms with Gasteiger partial charge in [-0.3, -0.25) is 9.59 Å². The zero-order valence-corrected chi connectivity index (χ0v) is 17.6. The molecule has 0 spiro atoms. The van der Waals surface area contributed by atoms with Crippen LogP contribution >= 0.6 is 0 Å². The van der Waals surface area contributed by atoms with E-state index in [1.165, 1.54) is 38.1 Å². The number of nitrogens with zero attached hydrogens (tertiary/aromatic N) is 2. The minimum absolute atomic E-state index is 0.0307. The number of benzene rings is 1. The van der Waals surface area contributed by atoms with Gasteiger partial charge in [0, 0.05) is 11.8 Å². The van der Waals surface area contributed by atoms with E-state index >= 15 is 0 Å². The highest BCUT2D eigenvalue weighted by atomic mass is 32.2. The number of hydrazone groups is 1. The van der Waals surface area contributed by atoms with E-state index in [4.69, 9.17) is 9.15 Å². The summed E-state index contributed by atoms with van der Waals surface area (Å²) < 4.78 is 37.6. The standard InChI is InChI=1S/C18H19N3O9S/c1-10-13(30-17(24)29-10)9-28-14(22)8-21-16(23)18(2,20-25)15(19-21)11-4-6-12(7-5-11)31(3,26)27/h4-7,20,25H,8-9H2,1-3H3. The number of hydrogen-bond acceptors (Lipinski definition) is 11. The van der Waals surface area contributed by atoms with Gasteiger partial charge in [0.15, 0.2) is 33.5 Å². The van der Waals surface area contributed by atoms with Gasteiger partial charge in [0.1, 0.15) is 6.54 Å². The second-order valence-electron chi connectivity index (χ2n) is 6.94. The molecule has 0 bridgehead atoms. The Bertz CT molecular complexity index is 1210. The Labute approximate surface area is 176 Å². The summed E-state index contributed by atoms with van der Waals surface area (Å²) in [6, 6.07) is 5.55. The Kier molecular flexibility index (Phi) is 5.85. The predicted octanol–water partition coefficient (Wildman–Crippen LogP) is -0.0281. The predicted molar refractivity (Wildman–Crippen MR) is 103 cm³/mol. The molecule has 13 heteroatoms. The molecular weight excluding hydrogens is 434 g/mol. The SMILES string of the molecule is Cc1oc(=O)oc1COC(=O)CN1N=C(c2ccc(S(C)(=O)=O)cc2)C(C)(NO)C1=O. The van der Waals surface area contributed by atoms with Crippen LogP contribution in [0.1, 0.15) is 24.0 Å². The summed E-state index contributed by atoms with van der Waals surface area (Å²) in [5.74, 6) is -2.33. The highest BCUT2D eigenvalue weighted by Crippen LogP contribution is 2.25. The van der Waals surface area contributed by atoms with E-state index in [1.807, 2.05) is 5.48 Å². The van der Waals surface area contributed by atoms with Gasteiger partial charge >= 0.3 is 11.8 Å². The molecular formula is C18H19N3O9S. The number of rotatable bonds is 7.